The van der Waals surface area contributed by atoms with E-state index < -0.39 is 134 Å². The Kier molecular flexibility index (Phi) is 33.4. The SMILES string of the molecule is CCOC(=O)C(=NOS(=O)(=O)c1ccc(C)cc1)C(=O)OCC.COC(=O)C(=NOS(=O)(=O)c1ccc(C)cc1)C(=O)OC.Cc1ccc(S(=O)(=O)ON=C(C(=O)OC(C)(C)C)C(=O)OC(C)(C)C)cc1.Cc1ccc(S(=O)(=O)ON=C(C(=O)OC(C)C)C(=O)OC(C)C)cc1. The Morgan fingerprint density at radius 3 is 0.729 bits per heavy atom. The zero-order valence-corrected chi connectivity index (χ0v) is 58.9. The molecule has 0 heterocycles. The van der Waals surface area contributed by atoms with E-state index in [1.807, 2.05) is 0 Å². The molecule has 96 heavy (non-hydrogen) atoms. The minimum absolute atomic E-state index is 0.0258. The second-order valence-electron chi connectivity index (χ2n) is 21.5. The minimum Gasteiger partial charge on any atom is -0.464 e. The molecule has 0 spiro atoms. The minimum atomic E-state index is -4.33. The number of oxime groups is 4. The Hall–Kier alpha value is -9.68. The van der Waals surface area contributed by atoms with Crippen LogP contribution in [0.4, 0.5) is 0 Å². The van der Waals surface area contributed by atoms with Crippen molar-refractivity contribution in [1.82, 2.24) is 0 Å². The number of esters is 8. The molecule has 36 heteroatoms. The van der Waals surface area contributed by atoms with E-state index in [0.717, 1.165) is 36.5 Å². The van der Waals surface area contributed by atoms with Crippen molar-refractivity contribution in [1.29, 1.82) is 0 Å². The molecule has 0 aliphatic rings. The van der Waals surface area contributed by atoms with Gasteiger partial charge in [0, 0.05) is 0 Å². The lowest BCUT2D eigenvalue weighted by molar-refractivity contribution is -0.153. The highest BCUT2D eigenvalue weighted by Gasteiger charge is 2.34. The maximum absolute atomic E-state index is 12.3. The molecule has 0 aromatic heterocycles. The van der Waals surface area contributed by atoms with Crippen molar-refractivity contribution in [2.45, 2.75) is 154 Å². The molecule has 0 N–H and O–H groups in total. The van der Waals surface area contributed by atoms with Crippen LogP contribution in [-0.4, -0.2) is 155 Å². The summed E-state index contributed by atoms with van der Waals surface area (Å²) in [7, 11) is -15.2. The van der Waals surface area contributed by atoms with Crippen molar-refractivity contribution >= 4 is 111 Å². The summed E-state index contributed by atoms with van der Waals surface area (Å²) < 4.78 is 152. The Morgan fingerprint density at radius 2 is 0.542 bits per heavy atom. The Balaban J connectivity index is 0.000000642. The summed E-state index contributed by atoms with van der Waals surface area (Å²) in [5, 5.41) is 12.5. The van der Waals surface area contributed by atoms with Crippen LogP contribution in [0.15, 0.2) is 137 Å². The maximum atomic E-state index is 12.3. The first-order valence-corrected chi connectivity index (χ1v) is 33.6. The first kappa shape index (κ1) is 84.3. The lowest BCUT2D eigenvalue weighted by Crippen LogP contribution is -2.37. The topological polar surface area (TPSA) is 433 Å². The highest BCUT2D eigenvalue weighted by molar-refractivity contribution is 7.87. The van der Waals surface area contributed by atoms with Crippen LogP contribution in [0.5, 0.6) is 0 Å². The number of carbonyl (C=O) groups excluding carboxylic acids is 8. The van der Waals surface area contributed by atoms with Gasteiger partial charge >= 0.3 is 88.2 Å². The molecule has 0 amide bonds. The monoisotopic (exact) mass is 1430 g/mol. The van der Waals surface area contributed by atoms with E-state index in [9.17, 15) is 72.0 Å². The van der Waals surface area contributed by atoms with Gasteiger partial charge in [0.1, 0.15) is 30.8 Å². The van der Waals surface area contributed by atoms with Crippen molar-refractivity contribution in [3.63, 3.8) is 0 Å². The van der Waals surface area contributed by atoms with Crippen LogP contribution in [0.2, 0.25) is 0 Å². The quantitative estimate of drug-likeness (QED) is 0.0245. The molecule has 528 valence electrons. The van der Waals surface area contributed by atoms with Crippen molar-refractivity contribution in [2.75, 3.05) is 27.4 Å². The van der Waals surface area contributed by atoms with Crippen molar-refractivity contribution in [2.24, 2.45) is 20.6 Å². The largest absolute Gasteiger partial charge is 0.464 e. The highest BCUT2D eigenvalue weighted by atomic mass is 32.2. The third kappa shape index (κ3) is 30.6. The van der Waals surface area contributed by atoms with E-state index in [4.69, 9.17) is 18.9 Å². The standard InChI is InChI=1S/C18H25NO7S.C16H21NO7S.C14H17NO7S.C12H13NO7S/c1-12-8-10-13(11-9-12)27(22,23)26-19-14(15(20)24-17(2,3)4)16(21)25-18(5,6)7;1-10(2)22-15(18)14(16(19)23-11(3)4)17-24-25(20,21)13-8-6-12(5)7-9-13;1-4-20-13(16)12(14(17)21-5-2)15-22-23(18,19)11-8-6-10(3)7-9-11;1-8-4-6-9(7-5-8)21(16,17)20-13-10(11(14)18-2)12(15)19-3/h8-11H,1-7H3;6-11H,1-5H3;6-9H,4-5H2,1-3H3;4-7H,1-3H3. The van der Waals surface area contributed by atoms with E-state index in [2.05, 4.69) is 56.7 Å². The Labute approximate surface area is 556 Å². The molecule has 0 aliphatic heterocycles. The zero-order valence-electron chi connectivity index (χ0n) is 55.7. The number of methoxy groups -OCH3 is 2. The molecule has 0 radical (unpaired) electrons. The summed E-state index contributed by atoms with van der Waals surface area (Å²) in [6, 6.07) is 23.0. The zero-order chi connectivity index (χ0) is 73.7. The van der Waals surface area contributed by atoms with Crippen LogP contribution in [0, 0.1) is 27.7 Å². The third-order valence-corrected chi connectivity index (χ3v) is 14.6. The first-order valence-electron chi connectivity index (χ1n) is 28.0. The number of carbonyl (C=O) groups is 8. The molecular formula is C60H76N4O28S4. The number of hydrogen-bond acceptors (Lipinski definition) is 32. The molecule has 0 unspecified atom stereocenters. The third-order valence-electron chi connectivity index (χ3n) is 10.1. The average Bonchev–Trinajstić information content (AvgIpc) is 0.890. The average molecular weight is 1430 g/mol. The summed E-state index contributed by atoms with van der Waals surface area (Å²) in [6.07, 6.45) is -1.09. The van der Waals surface area contributed by atoms with Gasteiger partial charge in [-0.3, -0.25) is 17.1 Å². The summed E-state index contributed by atoms with van der Waals surface area (Å²) in [4.78, 5) is 93.5. The summed E-state index contributed by atoms with van der Waals surface area (Å²) in [5.74, 6) is -9.22. The van der Waals surface area contributed by atoms with Gasteiger partial charge in [-0.1, -0.05) is 70.8 Å². The molecular weight excluding hydrogens is 1350 g/mol. The van der Waals surface area contributed by atoms with E-state index in [-0.39, 0.29) is 32.8 Å². The van der Waals surface area contributed by atoms with Crippen molar-refractivity contribution < 1.29 is 127 Å². The fraction of sp³-hybridized carbons (Fsp3) is 0.400. The van der Waals surface area contributed by atoms with E-state index in [0.29, 0.717) is 0 Å². The molecule has 0 saturated carbocycles. The summed E-state index contributed by atoms with van der Waals surface area (Å²) >= 11 is 0. The van der Waals surface area contributed by atoms with Gasteiger partial charge in [0.25, 0.3) is 22.8 Å². The summed E-state index contributed by atoms with van der Waals surface area (Å²) in [6.45, 7) is 25.9. The molecule has 0 fully saturated rings. The van der Waals surface area contributed by atoms with Gasteiger partial charge in [0.15, 0.2) is 0 Å². The van der Waals surface area contributed by atoms with Gasteiger partial charge in [0.2, 0.25) is 0 Å². The second kappa shape index (κ2) is 38.0. The predicted molar refractivity (Wildman–Crippen MR) is 339 cm³/mol. The maximum Gasteiger partial charge on any atom is 0.368 e. The van der Waals surface area contributed by atoms with Gasteiger partial charge in [-0.15, -0.1) is 0 Å². The van der Waals surface area contributed by atoms with Crippen molar-refractivity contribution in [3.05, 3.63) is 119 Å². The van der Waals surface area contributed by atoms with Gasteiger partial charge in [-0.2, -0.15) is 33.7 Å². The van der Waals surface area contributed by atoms with E-state index in [1.54, 1.807) is 145 Å². The first-order chi connectivity index (χ1) is 44.3. The number of ether oxygens (including phenoxy) is 8. The number of rotatable bonds is 24. The van der Waals surface area contributed by atoms with Crippen LogP contribution in [0.25, 0.3) is 0 Å². The normalized spacial score (nSPS) is 11.1. The molecule has 4 rings (SSSR count). The van der Waals surface area contributed by atoms with Crippen molar-refractivity contribution in [3.8, 4) is 0 Å². The molecule has 4 aromatic rings. The highest BCUT2D eigenvalue weighted by Crippen LogP contribution is 2.19. The van der Waals surface area contributed by atoms with Crippen LogP contribution in [0.1, 0.15) is 105 Å². The van der Waals surface area contributed by atoms with E-state index in [1.165, 1.54) is 62.4 Å². The fourth-order valence-electron chi connectivity index (χ4n) is 5.75. The Bertz CT molecular complexity index is 3870. The molecule has 0 bridgehead atoms. The summed E-state index contributed by atoms with van der Waals surface area (Å²) in [5.41, 5.74) is -2.07. The Morgan fingerprint density at radius 1 is 0.344 bits per heavy atom. The fourth-order valence-corrected chi connectivity index (χ4v) is 8.67. The smallest absolute Gasteiger partial charge is 0.368 e. The molecule has 0 aliphatic carbocycles. The van der Waals surface area contributed by atoms with E-state index >= 15 is 0 Å². The van der Waals surface area contributed by atoms with Gasteiger partial charge in [-0.25, -0.2) is 38.4 Å². The van der Waals surface area contributed by atoms with Crippen LogP contribution < -0.4 is 0 Å². The number of hydrogen-bond donors (Lipinski definition) is 0. The molecule has 0 saturated heterocycles. The van der Waals surface area contributed by atoms with Crippen LogP contribution in [0.3, 0.4) is 0 Å². The number of aryl methyl sites for hydroxylation is 4. The molecule has 4 aromatic carbocycles. The lowest BCUT2D eigenvalue weighted by atomic mass is 10.2. The molecule has 0 atom stereocenters. The number of benzene rings is 4. The second-order valence-corrected chi connectivity index (χ2v) is 27.6. The van der Waals surface area contributed by atoms with Crippen LogP contribution in [-0.2, 0) is 134 Å². The molecule has 32 nitrogen and oxygen atoms in total. The van der Waals surface area contributed by atoms with Gasteiger partial charge in [0.05, 0.1) is 39.6 Å². The predicted octanol–water partition coefficient (Wildman–Crippen LogP) is 6.28. The van der Waals surface area contributed by atoms with Gasteiger partial charge < -0.3 is 37.9 Å². The lowest BCUT2D eigenvalue weighted by Gasteiger charge is -2.22. The van der Waals surface area contributed by atoms with Gasteiger partial charge in [-0.05, 0) is 180 Å². The number of nitrogens with zero attached hydrogens (tertiary/aromatic N) is 4. The van der Waals surface area contributed by atoms with Crippen LogP contribution >= 0.6 is 0 Å².